The molecule has 0 fully saturated rings. The Kier molecular flexibility index (Phi) is 9.21. The molecule has 0 aliphatic carbocycles. The third kappa shape index (κ3) is 8.57. The van der Waals surface area contributed by atoms with E-state index in [2.05, 4.69) is 10.6 Å². The number of halogens is 3. The molecule has 36 heavy (non-hydrogen) atoms. The van der Waals surface area contributed by atoms with E-state index in [1.165, 1.54) is 36.4 Å². The average molecular weight is 499 g/mol. The first kappa shape index (κ1) is 26.5. The number of alkyl halides is 3. The number of carbonyl (C=O) groups excluding carboxylic acids is 3. The van der Waals surface area contributed by atoms with Gasteiger partial charge in [0.1, 0.15) is 0 Å². The lowest BCUT2D eigenvalue weighted by Crippen LogP contribution is -2.16. The molecule has 0 unspecified atom stereocenters. The van der Waals surface area contributed by atoms with Crippen molar-refractivity contribution in [3.63, 3.8) is 0 Å². The number of aryl methyl sites for hydroxylation is 1. The Bertz CT molecular complexity index is 1180. The van der Waals surface area contributed by atoms with Gasteiger partial charge in [0.25, 0.3) is 5.91 Å². The molecule has 0 heterocycles. The van der Waals surface area contributed by atoms with Crippen LogP contribution in [0.3, 0.4) is 0 Å². The lowest BCUT2D eigenvalue weighted by atomic mass is 10.1. The SMILES string of the molecule is O=C(CCC(=O)OCCCc1ccccc1)Nc1ccc(C(=O)Nc2cccc(C(F)(F)F)c2)cc1. The number of esters is 1. The summed E-state index contributed by atoms with van der Waals surface area (Å²) in [6.45, 7) is 0.277. The minimum Gasteiger partial charge on any atom is -0.466 e. The second kappa shape index (κ2) is 12.5. The fourth-order valence-corrected chi connectivity index (χ4v) is 3.30. The molecule has 0 bridgehead atoms. The van der Waals surface area contributed by atoms with Gasteiger partial charge in [0, 0.05) is 23.4 Å². The van der Waals surface area contributed by atoms with Gasteiger partial charge in [-0.15, -0.1) is 0 Å². The van der Waals surface area contributed by atoms with Gasteiger partial charge in [-0.25, -0.2) is 0 Å². The summed E-state index contributed by atoms with van der Waals surface area (Å²) >= 11 is 0. The second-order valence-corrected chi connectivity index (χ2v) is 7.97. The zero-order valence-electron chi connectivity index (χ0n) is 19.3. The molecule has 0 aliphatic rings. The number of ether oxygens (including phenoxy) is 1. The van der Waals surface area contributed by atoms with Gasteiger partial charge in [0.05, 0.1) is 18.6 Å². The van der Waals surface area contributed by atoms with Crippen LogP contribution in [0.2, 0.25) is 0 Å². The van der Waals surface area contributed by atoms with Crippen LogP contribution in [0.4, 0.5) is 24.5 Å². The van der Waals surface area contributed by atoms with E-state index in [0.29, 0.717) is 12.1 Å². The van der Waals surface area contributed by atoms with Crippen LogP contribution >= 0.6 is 0 Å². The number of amides is 2. The molecule has 0 aromatic heterocycles. The fraction of sp³-hybridized carbons (Fsp3) is 0.222. The van der Waals surface area contributed by atoms with Gasteiger partial charge in [0.2, 0.25) is 5.91 Å². The van der Waals surface area contributed by atoms with E-state index >= 15 is 0 Å². The maximum absolute atomic E-state index is 12.8. The van der Waals surface area contributed by atoms with E-state index in [9.17, 15) is 27.6 Å². The Hall–Kier alpha value is -4.14. The first-order chi connectivity index (χ1) is 17.2. The summed E-state index contributed by atoms with van der Waals surface area (Å²) in [5, 5.41) is 5.04. The fourth-order valence-electron chi connectivity index (χ4n) is 3.30. The summed E-state index contributed by atoms with van der Waals surface area (Å²) in [5.41, 5.74) is 0.914. The Balaban J connectivity index is 1.39. The highest BCUT2D eigenvalue weighted by Gasteiger charge is 2.30. The third-order valence-corrected chi connectivity index (χ3v) is 5.15. The molecule has 3 aromatic rings. The lowest BCUT2D eigenvalue weighted by Gasteiger charge is -2.10. The van der Waals surface area contributed by atoms with Crippen LogP contribution in [0.5, 0.6) is 0 Å². The average Bonchev–Trinajstić information content (AvgIpc) is 2.86. The number of carbonyl (C=O) groups is 3. The van der Waals surface area contributed by atoms with E-state index in [1.807, 2.05) is 30.3 Å². The lowest BCUT2D eigenvalue weighted by molar-refractivity contribution is -0.144. The molecule has 2 N–H and O–H groups in total. The van der Waals surface area contributed by atoms with Crippen LogP contribution in [-0.4, -0.2) is 24.4 Å². The first-order valence-electron chi connectivity index (χ1n) is 11.3. The number of hydrogen-bond acceptors (Lipinski definition) is 4. The topological polar surface area (TPSA) is 84.5 Å². The van der Waals surface area contributed by atoms with Crippen molar-refractivity contribution in [1.29, 1.82) is 0 Å². The van der Waals surface area contributed by atoms with Crippen molar-refractivity contribution in [2.45, 2.75) is 31.9 Å². The summed E-state index contributed by atoms with van der Waals surface area (Å²) in [4.78, 5) is 36.3. The third-order valence-electron chi connectivity index (χ3n) is 5.15. The Labute approximate surface area is 206 Å². The van der Waals surface area contributed by atoms with Crippen LogP contribution in [0, 0.1) is 0 Å². The molecule has 0 spiro atoms. The van der Waals surface area contributed by atoms with Crippen LogP contribution in [0.1, 0.15) is 40.7 Å². The molecular formula is C27H25F3N2O4. The van der Waals surface area contributed by atoms with Crippen LogP contribution in [0.15, 0.2) is 78.9 Å². The van der Waals surface area contributed by atoms with Crippen molar-refractivity contribution in [3.8, 4) is 0 Å². The number of rotatable bonds is 10. The minimum absolute atomic E-state index is 0.0131. The second-order valence-electron chi connectivity index (χ2n) is 7.97. The Morgan fingerprint density at radius 2 is 1.50 bits per heavy atom. The predicted octanol–water partition coefficient (Wildman–Crippen LogP) is 5.85. The molecule has 3 aromatic carbocycles. The number of benzene rings is 3. The molecular weight excluding hydrogens is 473 g/mol. The Morgan fingerprint density at radius 3 is 2.19 bits per heavy atom. The molecule has 188 valence electrons. The van der Waals surface area contributed by atoms with Gasteiger partial charge >= 0.3 is 12.1 Å². The predicted molar refractivity (Wildman–Crippen MR) is 129 cm³/mol. The maximum Gasteiger partial charge on any atom is 0.416 e. The molecule has 0 saturated heterocycles. The quantitative estimate of drug-likeness (QED) is 0.271. The summed E-state index contributed by atoms with van der Waals surface area (Å²) in [6.07, 6.45) is -3.15. The number of hydrogen-bond donors (Lipinski definition) is 2. The van der Waals surface area contributed by atoms with Crippen LogP contribution in [0.25, 0.3) is 0 Å². The van der Waals surface area contributed by atoms with Crippen molar-refractivity contribution in [2.75, 3.05) is 17.2 Å². The Morgan fingerprint density at radius 1 is 0.778 bits per heavy atom. The number of anilines is 2. The van der Waals surface area contributed by atoms with Crippen molar-refractivity contribution >= 4 is 29.2 Å². The zero-order valence-corrected chi connectivity index (χ0v) is 19.3. The van der Waals surface area contributed by atoms with Crippen LogP contribution in [-0.2, 0) is 26.9 Å². The molecule has 0 radical (unpaired) electrons. The van der Waals surface area contributed by atoms with Gasteiger partial charge in [0.15, 0.2) is 0 Å². The molecule has 9 heteroatoms. The smallest absolute Gasteiger partial charge is 0.416 e. The van der Waals surface area contributed by atoms with Gasteiger partial charge in [-0.3, -0.25) is 14.4 Å². The van der Waals surface area contributed by atoms with Crippen molar-refractivity contribution in [3.05, 3.63) is 95.6 Å². The van der Waals surface area contributed by atoms with Gasteiger partial charge in [-0.05, 0) is 60.9 Å². The summed E-state index contributed by atoms with van der Waals surface area (Å²) in [5.74, 6) is -1.44. The van der Waals surface area contributed by atoms with Crippen molar-refractivity contribution in [2.24, 2.45) is 0 Å². The first-order valence-corrected chi connectivity index (χ1v) is 11.3. The minimum atomic E-state index is -4.51. The largest absolute Gasteiger partial charge is 0.466 e. The summed E-state index contributed by atoms with van der Waals surface area (Å²) < 4.78 is 43.6. The summed E-state index contributed by atoms with van der Waals surface area (Å²) in [7, 11) is 0. The summed E-state index contributed by atoms with van der Waals surface area (Å²) in [6, 6.07) is 20.0. The van der Waals surface area contributed by atoms with Crippen LogP contribution < -0.4 is 10.6 Å². The molecule has 2 amide bonds. The highest BCUT2D eigenvalue weighted by atomic mass is 19.4. The van der Waals surface area contributed by atoms with E-state index in [0.717, 1.165) is 24.1 Å². The molecule has 3 rings (SSSR count). The highest BCUT2D eigenvalue weighted by molar-refractivity contribution is 6.04. The molecule has 0 aliphatic heterocycles. The van der Waals surface area contributed by atoms with Crippen molar-refractivity contribution in [1.82, 2.24) is 0 Å². The highest BCUT2D eigenvalue weighted by Crippen LogP contribution is 2.30. The van der Waals surface area contributed by atoms with Gasteiger partial charge in [-0.1, -0.05) is 36.4 Å². The van der Waals surface area contributed by atoms with E-state index < -0.39 is 29.5 Å². The molecule has 0 saturated carbocycles. The molecule has 0 atom stereocenters. The normalized spacial score (nSPS) is 11.0. The van der Waals surface area contributed by atoms with E-state index in [4.69, 9.17) is 4.74 Å². The zero-order chi connectivity index (χ0) is 26.0. The van der Waals surface area contributed by atoms with E-state index in [-0.39, 0.29) is 30.7 Å². The molecule has 6 nitrogen and oxygen atoms in total. The van der Waals surface area contributed by atoms with Crippen molar-refractivity contribution < 1.29 is 32.3 Å². The number of nitrogens with one attached hydrogen (secondary N) is 2. The van der Waals surface area contributed by atoms with Gasteiger partial charge < -0.3 is 15.4 Å². The van der Waals surface area contributed by atoms with E-state index in [1.54, 1.807) is 0 Å². The monoisotopic (exact) mass is 498 g/mol. The maximum atomic E-state index is 12.8. The van der Waals surface area contributed by atoms with Gasteiger partial charge in [-0.2, -0.15) is 13.2 Å². The standard InChI is InChI=1S/C27H25F3N2O4/c28-27(29,30)21-9-4-10-23(18-21)32-26(35)20-11-13-22(14-12-20)31-24(33)15-16-25(34)36-17-5-8-19-6-2-1-3-7-19/h1-4,6-7,9-14,18H,5,8,15-17H2,(H,31,33)(H,32,35).